The van der Waals surface area contributed by atoms with Gasteiger partial charge >= 0.3 is 0 Å². The summed E-state index contributed by atoms with van der Waals surface area (Å²) in [6.07, 6.45) is 1.36. The van der Waals surface area contributed by atoms with E-state index >= 15 is 0 Å². The Bertz CT molecular complexity index is 547. The van der Waals surface area contributed by atoms with Crippen LogP contribution in [-0.2, 0) is 0 Å². The first-order valence-electron chi connectivity index (χ1n) is 5.29. The fourth-order valence-corrected chi connectivity index (χ4v) is 2.13. The second-order valence-electron chi connectivity index (χ2n) is 3.75. The fraction of sp³-hybridized carbons (Fsp3) is 0.154. The van der Waals surface area contributed by atoms with Crippen LogP contribution in [0.25, 0.3) is 0 Å². The summed E-state index contributed by atoms with van der Waals surface area (Å²) in [5.74, 6) is 0.0856. The van der Waals surface area contributed by atoms with Gasteiger partial charge in [-0.25, -0.2) is 9.37 Å². The SMILES string of the molecule is CC(Oc1ncc(Br)cc1Cl)c1ccc(F)cc1. The van der Waals surface area contributed by atoms with E-state index in [0.29, 0.717) is 10.9 Å². The second kappa shape index (κ2) is 5.67. The summed E-state index contributed by atoms with van der Waals surface area (Å²) in [6, 6.07) is 7.85. The van der Waals surface area contributed by atoms with Crippen LogP contribution < -0.4 is 4.74 Å². The maximum Gasteiger partial charge on any atom is 0.233 e. The van der Waals surface area contributed by atoms with E-state index in [1.165, 1.54) is 12.1 Å². The molecule has 1 heterocycles. The first kappa shape index (κ1) is 13.3. The second-order valence-corrected chi connectivity index (χ2v) is 5.08. The Balaban J connectivity index is 2.15. The Morgan fingerprint density at radius 1 is 1.33 bits per heavy atom. The number of rotatable bonds is 3. The lowest BCUT2D eigenvalue weighted by Gasteiger charge is -2.15. The third-order valence-electron chi connectivity index (χ3n) is 2.40. The van der Waals surface area contributed by atoms with Gasteiger partial charge in [-0.1, -0.05) is 23.7 Å². The summed E-state index contributed by atoms with van der Waals surface area (Å²) in [5, 5.41) is 0.429. The number of ether oxygens (including phenoxy) is 1. The van der Waals surface area contributed by atoms with Crippen molar-refractivity contribution in [3.05, 3.63) is 57.4 Å². The molecule has 0 saturated carbocycles. The Kier molecular flexibility index (Phi) is 4.19. The molecule has 18 heavy (non-hydrogen) atoms. The lowest BCUT2D eigenvalue weighted by molar-refractivity contribution is 0.217. The highest BCUT2D eigenvalue weighted by atomic mass is 79.9. The van der Waals surface area contributed by atoms with E-state index in [0.717, 1.165) is 10.0 Å². The van der Waals surface area contributed by atoms with E-state index in [1.54, 1.807) is 24.4 Å². The summed E-state index contributed by atoms with van der Waals surface area (Å²) >= 11 is 9.28. The predicted molar refractivity (Wildman–Crippen MR) is 72.4 cm³/mol. The molecule has 5 heteroatoms. The van der Waals surface area contributed by atoms with Crippen LogP contribution in [0.2, 0.25) is 5.02 Å². The van der Waals surface area contributed by atoms with Crippen molar-refractivity contribution in [2.45, 2.75) is 13.0 Å². The molecule has 0 aliphatic carbocycles. The van der Waals surface area contributed by atoms with E-state index in [2.05, 4.69) is 20.9 Å². The largest absolute Gasteiger partial charge is 0.469 e. The molecule has 0 N–H and O–H groups in total. The molecule has 2 rings (SSSR count). The molecule has 1 aromatic heterocycles. The van der Waals surface area contributed by atoms with Gasteiger partial charge in [-0.05, 0) is 46.6 Å². The minimum absolute atomic E-state index is 0.253. The third kappa shape index (κ3) is 3.21. The number of halogens is 3. The number of hydrogen-bond donors (Lipinski definition) is 0. The van der Waals surface area contributed by atoms with Crippen molar-refractivity contribution < 1.29 is 9.13 Å². The first-order chi connectivity index (χ1) is 8.56. The average molecular weight is 331 g/mol. The van der Waals surface area contributed by atoms with Gasteiger partial charge in [0.05, 0.1) is 0 Å². The van der Waals surface area contributed by atoms with Gasteiger partial charge in [0.15, 0.2) is 0 Å². The number of nitrogens with zero attached hydrogens (tertiary/aromatic N) is 1. The fourth-order valence-electron chi connectivity index (χ4n) is 1.46. The van der Waals surface area contributed by atoms with Crippen LogP contribution in [0.1, 0.15) is 18.6 Å². The smallest absolute Gasteiger partial charge is 0.233 e. The summed E-state index contributed by atoms with van der Waals surface area (Å²) in [4.78, 5) is 4.09. The topological polar surface area (TPSA) is 22.1 Å². The van der Waals surface area contributed by atoms with Gasteiger partial charge in [-0.3, -0.25) is 0 Å². The normalized spacial score (nSPS) is 12.2. The molecular weight excluding hydrogens is 321 g/mol. The number of pyridine rings is 1. The summed E-state index contributed by atoms with van der Waals surface area (Å²) in [5.41, 5.74) is 0.859. The highest BCUT2D eigenvalue weighted by Gasteiger charge is 2.11. The van der Waals surface area contributed by atoms with Gasteiger partial charge in [0, 0.05) is 10.7 Å². The molecule has 0 saturated heterocycles. The highest BCUT2D eigenvalue weighted by molar-refractivity contribution is 9.10. The molecule has 0 fully saturated rings. The van der Waals surface area contributed by atoms with Gasteiger partial charge in [-0.2, -0.15) is 0 Å². The molecular formula is C13H10BrClFNO. The third-order valence-corrected chi connectivity index (χ3v) is 3.11. The number of hydrogen-bond acceptors (Lipinski definition) is 2. The molecule has 94 valence electrons. The maximum absolute atomic E-state index is 12.8. The zero-order valence-corrected chi connectivity index (χ0v) is 11.9. The van der Waals surface area contributed by atoms with Crippen LogP contribution in [0.15, 0.2) is 41.0 Å². The van der Waals surface area contributed by atoms with Crippen molar-refractivity contribution in [3.63, 3.8) is 0 Å². The Morgan fingerprint density at radius 2 is 2.00 bits per heavy atom. The summed E-state index contributed by atoms with van der Waals surface area (Å²) in [6.45, 7) is 1.85. The van der Waals surface area contributed by atoms with Gasteiger partial charge < -0.3 is 4.74 Å². The zero-order chi connectivity index (χ0) is 13.1. The van der Waals surface area contributed by atoms with Crippen LogP contribution in [0.3, 0.4) is 0 Å². The van der Waals surface area contributed by atoms with Crippen LogP contribution in [0.5, 0.6) is 5.88 Å². The molecule has 1 unspecified atom stereocenters. The predicted octanol–water partition coefficient (Wildman–Crippen LogP) is 4.78. The standard InChI is InChI=1S/C13H10BrClFNO/c1-8(9-2-4-11(16)5-3-9)18-13-12(15)6-10(14)7-17-13/h2-8H,1H3. The van der Waals surface area contributed by atoms with Crippen LogP contribution in [0, 0.1) is 5.82 Å². The van der Waals surface area contributed by atoms with Gasteiger partial charge in [-0.15, -0.1) is 0 Å². The highest BCUT2D eigenvalue weighted by Crippen LogP contribution is 2.28. The lowest BCUT2D eigenvalue weighted by Crippen LogP contribution is -2.04. The monoisotopic (exact) mass is 329 g/mol. The Morgan fingerprint density at radius 3 is 2.61 bits per heavy atom. The van der Waals surface area contributed by atoms with Crippen LogP contribution in [0.4, 0.5) is 4.39 Å². The van der Waals surface area contributed by atoms with Crippen molar-refractivity contribution >= 4 is 27.5 Å². The lowest BCUT2D eigenvalue weighted by atomic mass is 10.1. The van der Waals surface area contributed by atoms with Crippen LogP contribution >= 0.6 is 27.5 Å². The van der Waals surface area contributed by atoms with Crippen LogP contribution in [-0.4, -0.2) is 4.98 Å². The van der Waals surface area contributed by atoms with Crippen molar-refractivity contribution in [3.8, 4) is 5.88 Å². The van der Waals surface area contributed by atoms with Gasteiger partial charge in [0.2, 0.25) is 5.88 Å². The molecule has 0 aliphatic heterocycles. The number of aromatic nitrogens is 1. The number of benzene rings is 1. The minimum Gasteiger partial charge on any atom is -0.469 e. The maximum atomic E-state index is 12.8. The van der Waals surface area contributed by atoms with Gasteiger partial charge in [0.1, 0.15) is 16.9 Å². The van der Waals surface area contributed by atoms with Crippen molar-refractivity contribution in [1.29, 1.82) is 0 Å². The van der Waals surface area contributed by atoms with Gasteiger partial charge in [0.25, 0.3) is 0 Å². The van der Waals surface area contributed by atoms with E-state index in [-0.39, 0.29) is 11.9 Å². The van der Waals surface area contributed by atoms with Crippen molar-refractivity contribution in [2.75, 3.05) is 0 Å². The minimum atomic E-state index is -0.272. The molecule has 2 nitrogen and oxygen atoms in total. The van der Waals surface area contributed by atoms with E-state index in [1.807, 2.05) is 6.92 Å². The Hall–Kier alpha value is -1.13. The van der Waals surface area contributed by atoms with Crippen molar-refractivity contribution in [1.82, 2.24) is 4.98 Å². The summed E-state index contributed by atoms with van der Waals surface area (Å²) in [7, 11) is 0. The van der Waals surface area contributed by atoms with Crippen molar-refractivity contribution in [2.24, 2.45) is 0 Å². The summed E-state index contributed by atoms with van der Waals surface area (Å²) < 4.78 is 19.2. The first-order valence-corrected chi connectivity index (χ1v) is 6.46. The zero-order valence-electron chi connectivity index (χ0n) is 9.53. The quantitative estimate of drug-likeness (QED) is 0.808. The molecule has 0 spiro atoms. The van der Waals surface area contributed by atoms with E-state index in [4.69, 9.17) is 16.3 Å². The molecule has 0 aliphatic rings. The molecule has 0 radical (unpaired) electrons. The Labute approximate surface area is 118 Å². The molecule has 1 atom stereocenters. The average Bonchev–Trinajstić information content (AvgIpc) is 2.33. The van der Waals surface area contributed by atoms with E-state index in [9.17, 15) is 4.39 Å². The molecule has 0 amide bonds. The molecule has 2 aromatic rings. The molecule has 0 bridgehead atoms. The van der Waals surface area contributed by atoms with E-state index < -0.39 is 0 Å². The molecule has 1 aromatic carbocycles.